The molecule has 0 amide bonds. The fraction of sp³-hybridized carbons (Fsp3) is 0.105. The Morgan fingerprint density at radius 2 is 1.68 bits per heavy atom. The molecule has 3 N–H and O–H groups in total. The van der Waals surface area contributed by atoms with Crippen molar-refractivity contribution in [2.45, 2.75) is 25.9 Å². The molecule has 212 valence electrons. The van der Waals surface area contributed by atoms with Crippen LogP contribution in [0.5, 0.6) is 0 Å². The third-order valence-electron chi connectivity index (χ3n) is 9.16. The Morgan fingerprint density at radius 1 is 0.886 bits per heavy atom. The number of aryl methyl sites for hydroxylation is 1. The van der Waals surface area contributed by atoms with Crippen LogP contribution in [0.3, 0.4) is 0 Å². The lowest BCUT2D eigenvalue weighted by molar-refractivity contribution is -0.504. The van der Waals surface area contributed by atoms with E-state index in [1.807, 2.05) is 47.7 Å². The summed E-state index contributed by atoms with van der Waals surface area (Å²) in [5.41, 5.74) is 9.59. The van der Waals surface area contributed by atoms with Gasteiger partial charge in [0.1, 0.15) is 17.2 Å². The molecule has 0 fully saturated rings. The number of nitrogens with one attached hydrogen (secondary N) is 1. The van der Waals surface area contributed by atoms with Crippen molar-refractivity contribution in [2.24, 2.45) is 10.8 Å². The van der Waals surface area contributed by atoms with E-state index in [0.717, 1.165) is 35.3 Å². The molecule has 0 saturated heterocycles. The minimum Gasteiger partial charge on any atom is -0.456 e. The highest BCUT2D eigenvalue weighted by atomic mass is 32.1. The number of rotatable bonds is 4. The van der Waals surface area contributed by atoms with Crippen LogP contribution in [0.15, 0.2) is 107 Å². The van der Waals surface area contributed by atoms with E-state index in [4.69, 9.17) is 15.3 Å². The van der Waals surface area contributed by atoms with E-state index < -0.39 is 0 Å². The number of aliphatic imine (C=N–C) groups is 1. The molecule has 6 heteroatoms. The number of fused-ring (bicyclic) bond motifs is 1. The van der Waals surface area contributed by atoms with E-state index in [1.165, 1.54) is 58.4 Å². The SMILES string of the molecule is Cc1c2c3c4cccc5sc6ccc7oc(c1c7c6c54)C=C[N+](C(/N=C(\NN)c1ccccc1)c1ccccc1)=C2CCC=3. The van der Waals surface area contributed by atoms with Crippen LogP contribution in [-0.4, -0.2) is 16.1 Å². The van der Waals surface area contributed by atoms with Crippen molar-refractivity contribution in [1.29, 1.82) is 0 Å². The summed E-state index contributed by atoms with van der Waals surface area (Å²) in [5.74, 6) is 7.65. The Hall–Kier alpha value is -5.04. The quantitative estimate of drug-likeness (QED) is 0.0720. The molecule has 3 heterocycles. The third-order valence-corrected chi connectivity index (χ3v) is 10.3. The number of furan rings is 1. The maximum Gasteiger partial charge on any atom is 0.279 e. The van der Waals surface area contributed by atoms with Gasteiger partial charge in [0.15, 0.2) is 11.9 Å². The molecule has 2 aromatic heterocycles. The van der Waals surface area contributed by atoms with Crippen LogP contribution in [0.2, 0.25) is 0 Å². The lowest BCUT2D eigenvalue weighted by atomic mass is 9.87. The monoisotopic (exact) mass is 589 g/mol. The summed E-state index contributed by atoms with van der Waals surface area (Å²) in [6.45, 7) is 2.27. The van der Waals surface area contributed by atoms with Crippen molar-refractivity contribution in [3.63, 3.8) is 0 Å². The molecule has 0 saturated carbocycles. The first-order valence-corrected chi connectivity index (χ1v) is 15.8. The first kappa shape index (κ1) is 25.5. The molecule has 5 nitrogen and oxygen atoms in total. The first-order valence-electron chi connectivity index (χ1n) is 15.0. The highest BCUT2D eigenvalue weighted by Crippen LogP contribution is 2.45. The molecule has 9 rings (SSSR count). The van der Waals surface area contributed by atoms with Crippen molar-refractivity contribution in [3.05, 3.63) is 130 Å². The lowest BCUT2D eigenvalue weighted by Gasteiger charge is -2.20. The maximum absolute atomic E-state index is 6.68. The van der Waals surface area contributed by atoms with Gasteiger partial charge in [0.05, 0.1) is 5.56 Å². The van der Waals surface area contributed by atoms with Gasteiger partial charge in [-0.25, -0.2) is 5.84 Å². The van der Waals surface area contributed by atoms with Gasteiger partial charge < -0.3 is 9.84 Å². The fourth-order valence-electron chi connectivity index (χ4n) is 7.32. The van der Waals surface area contributed by atoms with Gasteiger partial charge in [-0.05, 0) is 47.7 Å². The first-order chi connectivity index (χ1) is 21.7. The van der Waals surface area contributed by atoms with Crippen molar-refractivity contribution in [3.8, 4) is 0 Å². The van der Waals surface area contributed by atoms with Gasteiger partial charge in [0.2, 0.25) is 0 Å². The highest BCUT2D eigenvalue weighted by Gasteiger charge is 2.33. The number of hydrogen-bond acceptors (Lipinski definition) is 4. The number of benzene rings is 4. The summed E-state index contributed by atoms with van der Waals surface area (Å²) < 4.78 is 11.6. The molecule has 44 heavy (non-hydrogen) atoms. The van der Waals surface area contributed by atoms with Crippen LogP contribution in [0.25, 0.3) is 54.1 Å². The number of hydrazine groups is 1. The summed E-state index contributed by atoms with van der Waals surface area (Å²) in [6, 6.07) is 31.7. The number of thiophene rings is 1. The average Bonchev–Trinajstić information content (AvgIpc) is 3.63. The largest absolute Gasteiger partial charge is 0.456 e. The number of amidine groups is 1. The minimum absolute atomic E-state index is 0.371. The van der Waals surface area contributed by atoms with E-state index >= 15 is 0 Å². The molecule has 0 radical (unpaired) electrons. The fourth-order valence-corrected chi connectivity index (χ4v) is 8.46. The predicted molar refractivity (Wildman–Crippen MR) is 183 cm³/mol. The van der Waals surface area contributed by atoms with Gasteiger partial charge in [-0.2, -0.15) is 9.57 Å². The van der Waals surface area contributed by atoms with E-state index in [-0.39, 0.29) is 6.17 Å². The normalized spacial score (nSPS) is 15.4. The Bertz CT molecular complexity index is 2430. The molecule has 7 aromatic rings. The van der Waals surface area contributed by atoms with Gasteiger partial charge in [-0.15, -0.1) is 11.3 Å². The van der Waals surface area contributed by atoms with E-state index in [1.54, 1.807) is 0 Å². The van der Waals surface area contributed by atoms with Crippen LogP contribution in [-0.2, 0) is 0 Å². The minimum atomic E-state index is -0.371. The molecule has 1 atom stereocenters. The van der Waals surface area contributed by atoms with Crippen molar-refractivity contribution >= 4 is 77.0 Å². The zero-order chi connectivity index (χ0) is 29.4. The van der Waals surface area contributed by atoms with Crippen LogP contribution < -0.4 is 16.5 Å². The maximum atomic E-state index is 6.68. The lowest BCUT2D eigenvalue weighted by Crippen LogP contribution is -2.34. The van der Waals surface area contributed by atoms with Gasteiger partial charge in [0, 0.05) is 54.6 Å². The zero-order valence-electron chi connectivity index (χ0n) is 24.2. The predicted octanol–water partition coefficient (Wildman–Crippen LogP) is 7.95. The molecule has 1 unspecified atom stereocenters. The topological polar surface area (TPSA) is 66.6 Å². The van der Waals surface area contributed by atoms with E-state index in [0.29, 0.717) is 5.84 Å². The van der Waals surface area contributed by atoms with Crippen LogP contribution in [0, 0.1) is 6.92 Å². The van der Waals surface area contributed by atoms with Crippen molar-refractivity contribution in [1.82, 2.24) is 5.43 Å². The molecule has 1 aliphatic carbocycles. The molecular weight excluding hydrogens is 561 g/mol. The second-order valence-corrected chi connectivity index (χ2v) is 12.6. The summed E-state index contributed by atoms with van der Waals surface area (Å²) in [5, 5.41) is 7.65. The Labute approximate surface area is 257 Å². The van der Waals surface area contributed by atoms with Gasteiger partial charge >= 0.3 is 0 Å². The molecule has 5 aromatic carbocycles. The number of nitrogens with zero attached hydrogens (tertiary/aromatic N) is 2. The highest BCUT2D eigenvalue weighted by molar-refractivity contribution is 7.26. The summed E-state index contributed by atoms with van der Waals surface area (Å²) in [6.07, 6.45) is 8.20. The van der Waals surface area contributed by atoms with Crippen molar-refractivity contribution in [2.75, 3.05) is 0 Å². The summed E-state index contributed by atoms with van der Waals surface area (Å²) in [7, 11) is 0. The summed E-state index contributed by atoms with van der Waals surface area (Å²) in [4.78, 5) is 5.33. The van der Waals surface area contributed by atoms with Crippen LogP contribution >= 0.6 is 11.3 Å². The van der Waals surface area contributed by atoms with Crippen molar-refractivity contribution < 1.29 is 8.99 Å². The molecule has 1 aliphatic heterocycles. The number of hydrogen-bond donors (Lipinski definition) is 2. The van der Waals surface area contributed by atoms with Gasteiger partial charge in [0.25, 0.3) is 6.17 Å². The standard InChI is InChI=1S/C38H29N4OS/c1-22-32-25-14-8-16-27(32)42(38(24-12-6-3-7-13-24)40-37(41-39)23-10-4-2-5-11-23)21-20-29-33(22)35-28(43-29)18-19-31-36(35)34-26(25)15-9-17-30(34)44-31/h2-7,9-15,17-21,38H,8,16,39H2,1H3,(H,40,41)/q+1. The Morgan fingerprint density at radius 3 is 2.50 bits per heavy atom. The molecule has 2 aliphatic rings. The average molecular weight is 590 g/mol. The van der Waals surface area contributed by atoms with Crippen LogP contribution in [0.1, 0.15) is 47.0 Å². The smallest absolute Gasteiger partial charge is 0.279 e. The van der Waals surface area contributed by atoms with E-state index in [9.17, 15) is 0 Å². The molecule has 2 bridgehead atoms. The molecular formula is C38H29N4OS+. The van der Waals surface area contributed by atoms with Gasteiger partial charge in [-0.3, -0.25) is 0 Å². The van der Waals surface area contributed by atoms with Gasteiger partial charge in [-0.1, -0.05) is 78.9 Å². The Balaban J connectivity index is 1.45. The summed E-state index contributed by atoms with van der Waals surface area (Å²) >= 11 is 1.87. The van der Waals surface area contributed by atoms with Crippen LogP contribution in [0.4, 0.5) is 0 Å². The molecule has 0 spiro atoms. The van der Waals surface area contributed by atoms with E-state index in [2.05, 4.69) is 89.9 Å². The number of nitrogens with two attached hydrogens (primary N) is 1. The second kappa shape index (κ2) is 9.74. The zero-order valence-corrected chi connectivity index (χ0v) is 25.0. The second-order valence-electron chi connectivity index (χ2n) is 11.5. The Kier molecular flexibility index (Phi) is 5.64. The third kappa shape index (κ3) is 3.62.